The van der Waals surface area contributed by atoms with Crippen LogP contribution >= 0.6 is 11.8 Å². The average Bonchev–Trinajstić information content (AvgIpc) is 3.85. The van der Waals surface area contributed by atoms with Crippen molar-refractivity contribution in [3.63, 3.8) is 0 Å². The summed E-state index contributed by atoms with van der Waals surface area (Å²) in [5, 5.41) is 29.1. The lowest BCUT2D eigenvalue weighted by atomic mass is 9.82. The summed E-state index contributed by atoms with van der Waals surface area (Å²) in [5.74, 6) is -1.96. The summed E-state index contributed by atoms with van der Waals surface area (Å²) >= 11 is 1.42. The highest BCUT2D eigenvalue weighted by molar-refractivity contribution is 8.14. The van der Waals surface area contributed by atoms with E-state index in [1.54, 1.807) is 49.7 Å². The summed E-state index contributed by atoms with van der Waals surface area (Å²) in [7, 11) is 3.08. The average molecular weight is 764 g/mol. The monoisotopic (exact) mass is 763 g/mol. The highest BCUT2D eigenvalue weighted by atomic mass is 32.2. The summed E-state index contributed by atoms with van der Waals surface area (Å²) in [5.41, 5.74) is -0.335. The standard InChI is InChI=1S/C37H41F2N8O6S/c1-23(35-44-32(19-54-35)27-10-8-26(16-40)9-11-27)37(50,30-15-29(38)12-13-31(30)39)20-47-22-46(21-43-47)24(2)52-25(3)53-36(49)45(5)34-28(7-6-14-42-34)18-51-33(48)17-41-4/h6-15,21-25,32,41,50H,17-20H2,1-5H3/q+1/t23-,24?,25?,32?,37-/m0/s1. The maximum absolute atomic E-state index is 15.4. The van der Waals surface area contributed by atoms with E-state index in [-0.39, 0.29) is 37.1 Å². The molecule has 5 atom stereocenters. The predicted octanol–water partition coefficient (Wildman–Crippen LogP) is 4.54. The van der Waals surface area contributed by atoms with Gasteiger partial charge in [-0.15, -0.1) is 16.4 Å². The van der Waals surface area contributed by atoms with Crippen LogP contribution < -0.4 is 14.8 Å². The molecule has 3 unspecified atom stereocenters. The van der Waals surface area contributed by atoms with Gasteiger partial charge in [-0.3, -0.25) is 14.7 Å². The Morgan fingerprint density at radius 1 is 1.20 bits per heavy atom. The van der Waals surface area contributed by atoms with E-state index in [2.05, 4.69) is 21.5 Å². The van der Waals surface area contributed by atoms with E-state index in [4.69, 9.17) is 24.5 Å². The number of thioether (sulfide) groups is 1. The molecular formula is C37H41F2N8O6S+. The lowest BCUT2D eigenvalue weighted by Crippen LogP contribution is -2.43. The van der Waals surface area contributed by atoms with Crippen LogP contribution in [-0.2, 0) is 37.8 Å². The molecule has 5 rings (SSSR count). The zero-order valence-electron chi connectivity index (χ0n) is 30.3. The summed E-state index contributed by atoms with van der Waals surface area (Å²) in [4.78, 5) is 35.1. The van der Waals surface area contributed by atoms with Crippen LogP contribution in [0.15, 0.2) is 78.4 Å². The lowest BCUT2D eigenvalue weighted by molar-refractivity contribution is -0.763. The second kappa shape index (κ2) is 17.7. The zero-order chi connectivity index (χ0) is 39.0. The fraction of sp³-hybridized carbons (Fsp3) is 0.378. The number of nitriles is 1. The van der Waals surface area contributed by atoms with Gasteiger partial charge in [0.2, 0.25) is 12.6 Å². The molecule has 14 nitrogen and oxygen atoms in total. The van der Waals surface area contributed by atoms with Crippen LogP contribution in [0.4, 0.5) is 19.4 Å². The number of anilines is 1. The van der Waals surface area contributed by atoms with E-state index in [1.807, 2.05) is 12.1 Å². The number of hydrogen-bond donors (Lipinski definition) is 2. The molecule has 1 amide bonds. The lowest BCUT2D eigenvalue weighted by Gasteiger charge is -2.33. The Morgan fingerprint density at radius 3 is 2.69 bits per heavy atom. The quantitative estimate of drug-likeness (QED) is 0.0991. The molecule has 0 fully saturated rings. The largest absolute Gasteiger partial charge is 0.460 e. The van der Waals surface area contributed by atoms with Crippen molar-refractivity contribution in [1.29, 1.82) is 5.26 Å². The van der Waals surface area contributed by atoms with Gasteiger partial charge < -0.3 is 24.6 Å². The number of rotatable bonds is 15. The smallest absolute Gasteiger partial charge is 0.417 e. The molecule has 0 bridgehead atoms. The third kappa shape index (κ3) is 9.44. The molecule has 0 aliphatic carbocycles. The number of nitrogens with zero attached hydrogens (tertiary/aromatic N) is 7. The third-order valence-corrected chi connectivity index (χ3v) is 10.1. The number of carbonyl (C=O) groups excluding carboxylic acids is 2. The first-order chi connectivity index (χ1) is 25.8. The Bertz CT molecular complexity index is 2030. The van der Waals surface area contributed by atoms with Gasteiger partial charge in [0, 0.05) is 41.1 Å². The summed E-state index contributed by atoms with van der Waals surface area (Å²) in [6, 6.07) is 15.2. The van der Waals surface area contributed by atoms with Crippen molar-refractivity contribution in [2.24, 2.45) is 10.9 Å². The van der Waals surface area contributed by atoms with Crippen molar-refractivity contribution < 1.29 is 42.3 Å². The normalized spacial score (nSPS) is 16.7. The molecule has 1 aliphatic heterocycles. The molecular weight excluding hydrogens is 723 g/mol. The van der Waals surface area contributed by atoms with Crippen LogP contribution in [0, 0.1) is 28.9 Å². The van der Waals surface area contributed by atoms with E-state index in [9.17, 15) is 19.1 Å². The molecule has 2 N–H and O–H groups in total. The van der Waals surface area contributed by atoms with Crippen LogP contribution in [0.1, 0.15) is 55.3 Å². The molecule has 1 aliphatic rings. The molecule has 17 heteroatoms. The molecule has 4 aromatic rings. The van der Waals surface area contributed by atoms with Crippen LogP contribution in [0.2, 0.25) is 0 Å². The highest BCUT2D eigenvalue weighted by Crippen LogP contribution is 2.41. The number of aliphatic imine (C=N–C) groups is 1. The molecule has 2 aromatic carbocycles. The van der Waals surface area contributed by atoms with Gasteiger partial charge in [0.1, 0.15) is 36.2 Å². The van der Waals surface area contributed by atoms with Gasteiger partial charge in [0.25, 0.3) is 6.33 Å². The number of carbonyl (C=O) groups is 2. The fourth-order valence-electron chi connectivity index (χ4n) is 5.81. The van der Waals surface area contributed by atoms with Crippen molar-refractivity contribution in [3.8, 4) is 6.07 Å². The number of hydrogen-bond acceptors (Lipinski definition) is 12. The first kappa shape index (κ1) is 39.9. The zero-order valence-corrected chi connectivity index (χ0v) is 31.2. The van der Waals surface area contributed by atoms with Gasteiger partial charge >= 0.3 is 12.1 Å². The van der Waals surface area contributed by atoms with Gasteiger partial charge in [-0.1, -0.05) is 25.1 Å². The van der Waals surface area contributed by atoms with Crippen LogP contribution in [0.25, 0.3) is 0 Å². The maximum atomic E-state index is 15.4. The summed E-state index contributed by atoms with van der Waals surface area (Å²) in [6.45, 7) is 4.58. The van der Waals surface area contributed by atoms with Crippen molar-refractivity contribution in [3.05, 3.63) is 107 Å². The number of pyridine rings is 1. The number of benzene rings is 2. The Kier molecular flexibility index (Phi) is 13.1. The van der Waals surface area contributed by atoms with E-state index >= 15 is 4.39 Å². The number of ether oxygens (including phenoxy) is 3. The van der Waals surface area contributed by atoms with Crippen molar-refractivity contribution in [2.45, 2.75) is 58.1 Å². The molecule has 2 aromatic heterocycles. The van der Waals surface area contributed by atoms with E-state index < -0.39 is 47.7 Å². The van der Waals surface area contributed by atoms with Gasteiger partial charge in [-0.05, 0) is 62.9 Å². The number of aromatic nitrogens is 4. The van der Waals surface area contributed by atoms with Crippen LogP contribution in [0.5, 0.6) is 0 Å². The molecule has 54 heavy (non-hydrogen) atoms. The molecule has 0 radical (unpaired) electrons. The number of halogens is 2. The minimum atomic E-state index is -1.99. The number of aliphatic hydroxyl groups is 1. The number of likely N-dealkylation sites (N-methyl/N-ethyl adjacent to an activating group) is 1. The van der Waals surface area contributed by atoms with Crippen molar-refractivity contribution in [1.82, 2.24) is 20.1 Å². The Balaban J connectivity index is 1.28. The topological polar surface area (TPSA) is 168 Å². The SMILES string of the molecule is CNCC(=O)OCc1cccnc1N(C)C(=O)OC(C)OC(C)[n+]1cnn(C[C@@](O)(c2cc(F)ccc2F)[C@@H](C)C2=NC(c3ccc(C#N)cc3)CS2)c1. The molecule has 0 saturated heterocycles. The first-order valence-electron chi connectivity index (χ1n) is 17.0. The molecule has 3 heterocycles. The van der Waals surface area contributed by atoms with Gasteiger partial charge in [0.15, 0.2) is 6.23 Å². The Morgan fingerprint density at radius 2 is 1.96 bits per heavy atom. The van der Waals surface area contributed by atoms with Crippen molar-refractivity contribution >= 4 is 34.7 Å². The third-order valence-electron chi connectivity index (χ3n) is 8.83. The molecule has 0 saturated carbocycles. The minimum Gasteiger partial charge on any atom is -0.460 e. The minimum absolute atomic E-state index is 0.0281. The van der Waals surface area contributed by atoms with E-state index in [0.29, 0.717) is 21.9 Å². The first-order valence-corrected chi connectivity index (χ1v) is 18.0. The second-order valence-corrected chi connectivity index (χ2v) is 13.7. The van der Waals surface area contributed by atoms with E-state index in [1.165, 1.54) is 54.2 Å². The van der Waals surface area contributed by atoms with Gasteiger partial charge in [-0.25, -0.2) is 23.1 Å². The van der Waals surface area contributed by atoms with E-state index in [0.717, 1.165) is 23.8 Å². The number of amides is 1. The fourth-order valence-corrected chi connectivity index (χ4v) is 7.05. The maximum Gasteiger partial charge on any atom is 0.417 e. The Hall–Kier alpha value is -5.28. The molecule has 0 spiro atoms. The Labute approximate surface area is 315 Å². The predicted molar refractivity (Wildman–Crippen MR) is 194 cm³/mol. The molecule has 284 valence electrons. The summed E-state index contributed by atoms with van der Waals surface area (Å²) in [6.07, 6.45) is 1.89. The number of nitrogens with one attached hydrogen (secondary N) is 1. The van der Waals surface area contributed by atoms with Gasteiger partial charge in [-0.2, -0.15) is 5.26 Å². The highest BCUT2D eigenvalue weighted by Gasteiger charge is 2.45. The van der Waals surface area contributed by atoms with Gasteiger partial charge in [0.05, 0.1) is 29.3 Å². The van der Waals surface area contributed by atoms with Crippen molar-refractivity contribution in [2.75, 3.05) is 31.3 Å². The van der Waals surface area contributed by atoms with Crippen LogP contribution in [-0.4, -0.2) is 69.7 Å². The second-order valence-electron chi connectivity index (χ2n) is 12.6. The summed E-state index contributed by atoms with van der Waals surface area (Å²) < 4.78 is 49.5. The van der Waals surface area contributed by atoms with Crippen LogP contribution in [0.3, 0.4) is 0 Å². The number of esters is 1.